The SMILES string of the molecule is CCCN(CCNS(=O)(=O)c1ccc(C)c(C)c1)C(C)=O. The van der Waals surface area contributed by atoms with E-state index in [1.165, 1.54) is 6.92 Å². The van der Waals surface area contributed by atoms with Crippen molar-refractivity contribution < 1.29 is 13.2 Å². The second-order valence-corrected chi connectivity index (χ2v) is 6.92. The molecule has 0 aliphatic heterocycles. The summed E-state index contributed by atoms with van der Waals surface area (Å²) in [4.78, 5) is 13.3. The number of carbonyl (C=O) groups excluding carboxylic acids is 1. The Balaban J connectivity index is 2.68. The van der Waals surface area contributed by atoms with Crippen LogP contribution in [0, 0.1) is 13.8 Å². The second kappa shape index (κ2) is 7.56. The molecule has 0 unspecified atom stereocenters. The van der Waals surface area contributed by atoms with Crippen LogP contribution in [0.1, 0.15) is 31.4 Å². The van der Waals surface area contributed by atoms with Gasteiger partial charge in [0.25, 0.3) is 0 Å². The van der Waals surface area contributed by atoms with Gasteiger partial charge < -0.3 is 4.90 Å². The molecule has 1 aromatic carbocycles. The van der Waals surface area contributed by atoms with Crippen LogP contribution in [0.3, 0.4) is 0 Å². The minimum Gasteiger partial charge on any atom is -0.342 e. The zero-order chi connectivity index (χ0) is 16.0. The average molecular weight is 312 g/mol. The zero-order valence-corrected chi connectivity index (χ0v) is 14.0. The number of rotatable bonds is 7. The van der Waals surface area contributed by atoms with Gasteiger partial charge in [-0.15, -0.1) is 0 Å². The van der Waals surface area contributed by atoms with E-state index in [0.29, 0.717) is 13.1 Å². The third-order valence-corrected chi connectivity index (χ3v) is 4.86. The minimum absolute atomic E-state index is 0.0396. The van der Waals surface area contributed by atoms with Gasteiger partial charge >= 0.3 is 0 Å². The molecule has 0 aliphatic carbocycles. The van der Waals surface area contributed by atoms with E-state index >= 15 is 0 Å². The topological polar surface area (TPSA) is 66.5 Å². The summed E-state index contributed by atoms with van der Waals surface area (Å²) in [5.41, 5.74) is 1.99. The third kappa shape index (κ3) is 5.13. The molecule has 6 heteroatoms. The van der Waals surface area contributed by atoms with Gasteiger partial charge in [-0.05, 0) is 43.5 Å². The Morgan fingerprint density at radius 1 is 1.19 bits per heavy atom. The Morgan fingerprint density at radius 2 is 1.86 bits per heavy atom. The van der Waals surface area contributed by atoms with Crippen molar-refractivity contribution in [2.45, 2.75) is 39.0 Å². The minimum atomic E-state index is -3.52. The molecule has 118 valence electrons. The van der Waals surface area contributed by atoms with E-state index in [2.05, 4.69) is 4.72 Å². The Hall–Kier alpha value is -1.40. The van der Waals surface area contributed by atoms with E-state index in [0.717, 1.165) is 17.5 Å². The summed E-state index contributed by atoms with van der Waals surface area (Å²) in [5.74, 6) is -0.0396. The van der Waals surface area contributed by atoms with Gasteiger partial charge in [0.15, 0.2) is 0 Å². The van der Waals surface area contributed by atoms with Gasteiger partial charge in [0.05, 0.1) is 4.90 Å². The maximum Gasteiger partial charge on any atom is 0.240 e. The predicted octanol–water partition coefficient (Wildman–Crippen LogP) is 1.84. The molecular weight excluding hydrogens is 288 g/mol. The van der Waals surface area contributed by atoms with Crippen LogP contribution in [-0.2, 0) is 14.8 Å². The van der Waals surface area contributed by atoms with Gasteiger partial charge in [-0.1, -0.05) is 13.0 Å². The van der Waals surface area contributed by atoms with E-state index in [1.807, 2.05) is 20.8 Å². The first kappa shape index (κ1) is 17.7. The van der Waals surface area contributed by atoms with Crippen LogP contribution in [0.2, 0.25) is 0 Å². The lowest BCUT2D eigenvalue weighted by atomic mass is 10.1. The molecule has 1 N–H and O–H groups in total. The molecule has 1 aromatic rings. The monoisotopic (exact) mass is 312 g/mol. The molecule has 0 aliphatic rings. The molecule has 0 fully saturated rings. The van der Waals surface area contributed by atoms with Crippen LogP contribution in [0.15, 0.2) is 23.1 Å². The third-order valence-electron chi connectivity index (χ3n) is 3.40. The molecule has 0 radical (unpaired) electrons. The fourth-order valence-corrected chi connectivity index (χ4v) is 3.08. The number of benzene rings is 1. The first-order valence-corrected chi connectivity index (χ1v) is 8.58. The summed E-state index contributed by atoms with van der Waals surface area (Å²) in [6.07, 6.45) is 0.851. The molecular formula is C15H24N2O3S. The van der Waals surface area contributed by atoms with Gasteiger partial charge in [-0.25, -0.2) is 13.1 Å². The van der Waals surface area contributed by atoms with Crippen molar-refractivity contribution in [3.05, 3.63) is 29.3 Å². The Labute approximate surface area is 127 Å². The van der Waals surface area contributed by atoms with Crippen molar-refractivity contribution in [3.63, 3.8) is 0 Å². The number of carbonyl (C=O) groups is 1. The van der Waals surface area contributed by atoms with Gasteiger partial charge in [-0.2, -0.15) is 0 Å². The van der Waals surface area contributed by atoms with Crippen molar-refractivity contribution in [1.29, 1.82) is 0 Å². The average Bonchev–Trinajstić information content (AvgIpc) is 2.40. The molecule has 0 spiro atoms. The van der Waals surface area contributed by atoms with Crippen LogP contribution in [0.4, 0.5) is 0 Å². The highest BCUT2D eigenvalue weighted by molar-refractivity contribution is 7.89. The molecule has 0 bridgehead atoms. The van der Waals surface area contributed by atoms with Crippen LogP contribution in [0.25, 0.3) is 0 Å². The van der Waals surface area contributed by atoms with E-state index in [4.69, 9.17) is 0 Å². The number of amides is 1. The maximum absolute atomic E-state index is 12.2. The van der Waals surface area contributed by atoms with Crippen LogP contribution in [0.5, 0.6) is 0 Å². The molecule has 0 atom stereocenters. The van der Waals surface area contributed by atoms with Gasteiger partial charge in [0, 0.05) is 26.6 Å². The maximum atomic E-state index is 12.2. The van der Waals surface area contributed by atoms with Crippen LogP contribution >= 0.6 is 0 Å². The summed E-state index contributed by atoms with van der Waals surface area (Å²) in [6, 6.07) is 5.05. The van der Waals surface area contributed by atoms with Crippen molar-refractivity contribution in [2.24, 2.45) is 0 Å². The standard InChI is InChI=1S/C15H24N2O3S/c1-5-9-17(14(4)18)10-8-16-21(19,20)15-7-6-12(2)13(3)11-15/h6-7,11,16H,5,8-10H2,1-4H3. The quantitative estimate of drug-likeness (QED) is 0.835. The molecule has 21 heavy (non-hydrogen) atoms. The summed E-state index contributed by atoms with van der Waals surface area (Å²) < 4.78 is 26.9. The smallest absolute Gasteiger partial charge is 0.240 e. The number of sulfonamides is 1. The Morgan fingerprint density at radius 3 is 2.38 bits per heavy atom. The fourth-order valence-electron chi connectivity index (χ4n) is 1.98. The van der Waals surface area contributed by atoms with E-state index in [1.54, 1.807) is 23.1 Å². The summed E-state index contributed by atoms with van der Waals surface area (Å²) in [6.45, 7) is 8.53. The summed E-state index contributed by atoms with van der Waals surface area (Å²) in [5, 5.41) is 0. The zero-order valence-electron chi connectivity index (χ0n) is 13.1. The fraction of sp³-hybridized carbons (Fsp3) is 0.533. The second-order valence-electron chi connectivity index (χ2n) is 5.15. The molecule has 0 saturated heterocycles. The highest BCUT2D eigenvalue weighted by Crippen LogP contribution is 2.14. The number of hydrogen-bond donors (Lipinski definition) is 1. The van der Waals surface area contributed by atoms with E-state index < -0.39 is 10.0 Å². The number of nitrogens with zero attached hydrogens (tertiary/aromatic N) is 1. The Bertz CT molecular complexity index is 597. The van der Waals surface area contributed by atoms with Gasteiger partial charge in [-0.3, -0.25) is 4.79 Å². The highest BCUT2D eigenvalue weighted by atomic mass is 32.2. The number of aryl methyl sites for hydroxylation is 2. The first-order chi connectivity index (χ1) is 9.77. The largest absolute Gasteiger partial charge is 0.342 e. The number of hydrogen-bond acceptors (Lipinski definition) is 3. The molecule has 0 aromatic heterocycles. The van der Waals surface area contributed by atoms with E-state index in [9.17, 15) is 13.2 Å². The predicted molar refractivity (Wildman–Crippen MR) is 83.6 cm³/mol. The van der Waals surface area contributed by atoms with Crippen molar-refractivity contribution in [2.75, 3.05) is 19.6 Å². The normalized spacial score (nSPS) is 11.4. The highest BCUT2D eigenvalue weighted by Gasteiger charge is 2.15. The van der Waals surface area contributed by atoms with Crippen molar-refractivity contribution in [3.8, 4) is 0 Å². The van der Waals surface area contributed by atoms with Crippen molar-refractivity contribution in [1.82, 2.24) is 9.62 Å². The van der Waals surface area contributed by atoms with Gasteiger partial charge in [0.2, 0.25) is 15.9 Å². The summed E-state index contributed by atoms with van der Waals surface area (Å²) in [7, 11) is -3.52. The molecule has 0 heterocycles. The molecule has 5 nitrogen and oxygen atoms in total. The summed E-state index contributed by atoms with van der Waals surface area (Å²) >= 11 is 0. The lowest BCUT2D eigenvalue weighted by Gasteiger charge is -2.20. The molecule has 1 amide bonds. The lowest BCUT2D eigenvalue weighted by molar-refractivity contribution is -0.128. The van der Waals surface area contributed by atoms with Crippen LogP contribution in [-0.4, -0.2) is 38.9 Å². The van der Waals surface area contributed by atoms with E-state index in [-0.39, 0.29) is 17.3 Å². The Kier molecular flexibility index (Phi) is 6.36. The molecule has 0 saturated carbocycles. The number of nitrogens with one attached hydrogen (secondary N) is 1. The first-order valence-electron chi connectivity index (χ1n) is 7.10. The lowest BCUT2D eigenvalue weighted by Crippen LogP contribution is -2.37. The van der Waals surface area contributed by atoms with Crippen LogP contribution < -0.4 is 4.72 Å². The molecule has 1 rings (SSSR count). The van der Waals surface area contributed by atoms with Crippen molar-refractivity contribution >= 4 is 15.9 Å². The van der Waals surface area contributed by atoms with Gasteiger partial charge in [0.1, 0.15) is 0 Å².